The number of nitrogens with zero attached hydrogens (tertiary/aromatic N) is 1. The summed E-state index contributed by atoms with van der Waals surface area (Å²) in [6, 6.07) is 19.4. The maximum absolute atomic E-state index is 2.26. The summed E-state index contributed by atoms with van der Waals surface area (Å²) in [5.74, 6) is 0. The second-order valence-electron chi connectivity index (χ2n) is 5.28. The zero-order valence-corrected chi connectivity index (χ0v) is 13.2. The van der Waals surface area contributed by atoms with E-state index in [-0.39, 0.29) is 12.4 Å². The Balaban J connectivity index is 0.00000200. The van der Waals surface area contributed by atoms with E-state index in [1.54, 1.807) is 0 Å². The molecule has 0 bridgehead atoms. The van der Waals surface area contributed by atoms with E-state index >= 15 is 0 Å². The Labute approximate surface area is 129 Å². The number of hydrogen-bond acceptors (Lipinski definition) is 1. The minimum absolute atomic E-state index is 0. The Bertz CT molecular complexity index is 494. The predicted molar refractivity (Wildman–Crippen MR) is 90.6 cm³/mol. The summed E-state index contributed by atoms with van der Waals surface area (Å²) < 4.78 is 0. The monoisotopic (exact) mass is 289 g/mol. The molecule has 0 spiro atoms. The van der Waals surface area contributed by atoms with Gasteiger partial charge >= 0.3 is 0 Å². The molecule has 0 atom stereocenters. The molecule has 1 nitrogen and oxygen atoms in total. The number of unbranched alkanes of at least 4 members (excludes halogenated alkanes) is 1. The van der Waals surface area contributed by atoms with Gasteiger partial charge < -0.3 is 4.90 Å². The van der Waals surface area contributed by atoms with Crippen molar-refractivity contribution in [3.8, 4) is 11.1 Å². The average molecular weight is 290 g/mol. The molecule has 0 amide bonds. The molecule has 0 fully saturated rings. The summed E-state index contributed by atoms with van der Waals surface area (Å²) in [4.78, 5) is 2.25. The molecule has 20 heavy (non-hydrogen) atoms. The van der Waals surface area contributed by atoms with Gasteiger partial charge in [0.25, 0.3) is 0 Å². The van der Waals surface area contributed by atoms with Gasteiger partial charge in [0, 0.05) is 0 Å². The molecule has 2 heteroatoms. The highest BCUT2D eigenvalue weighted by molar-refractivity contribution is 5.85. The summed E-state index contributed by atoms with van der Waals surface area (Å²) in [5, 5.41) is 0. The van der Waals surface area contributed by atoms with Crippen LogP contribution >= 0.6 is 12.4 Å². The highest BCUT2D eigenvalue weighted by Gasteiger charge is 2.03. The first-order chi connectivity index (χ1) is 9.27. The first-order valence-corrected chi connectivity index (χ1v) is 7.05. The van der Waals surface area contributed by atoms with E-state index in [9.17, 15) is 0 Å². The second-order valence-corrected chi connectivity index (χ2v) is 5.28. The number of aryl methyl sites for hydroxylation is 1. The van der Waals surface area contributed by atoms with Crippen LogP contribution in [0.3, 0.4) is 0 Å². The van der Waals surface area contributed by atoms with Crippen LogP contribution in [0.1, 0.15) is 18.4 Å². The molecular weight excluding hydrogens is 266 g/mol. The van der Waals surface area contributed by atoms with Gasteiger partial charge in [0.1, 0.15) is 0 Å². The van der Waals surface area contributed by atoms with Crippen molar-refractivity contribution < 1.29 is 0 Å². The standard InChI is InChI=1S/C18H23N.ClH/c1-19(2)15-9-8-13-17-12-6-7-14-18(17)16-10-4-3-5-11-16;/h3-7,10-12,14H,8-9,13,15H2,1-2H3;1H. The summed E-state index contributed by atoms with van der Waals surface area (Å²) in [7, 11) is 4.27. The Kier molecular flexibility index (Phi) is 7.35. The predicted octanol–water partition coefficient (Wildman–Crippen LogP) is 4.66. The van der Waals surface area contributed by atoms with E-state index in [1.165, 1.54) is 42.5 Å². The normalized spacial score (nSPS) is 10.3. The van der Waals surface area contributed by atoms with Crippen LogP contribution in [0.5, 0.6) is 0 Å². The summed E-state index contributed by atoms with van der Waals surface area (Å²) in [6.45, 7) is 1.17. The topological polar surface area (TPSA) is 3.24 Å². The molecule has 0 aliphatic heterocycles. The fourth-order valence-electron chi connectivity index (χ4n) is 2.38. The average Bonchev–Trinajstić information content (AvgIpc) is 2.45. The van der Waals surface area contributed by atoms with Gasteiger partial charge in [-0.25, -0.2) is 0 Å². The quantitative estimate of drug-likeness (QED) is 0.699. The van der Waals surface area contributed by atoms with Crippen LogP contribution in [0.2, 0.25) is 0 Å². The molecule has 2 rings (SSSR count). The molecule has 0 saturated heterocycles. The molecule has 2 aromatic rings. The van der Waals surface area contributed by atoms with Crippen LogP contribution in [0, 0.1) is 0 Å². The largest absolute Gasteiger partial charge is 0.309 e. The van der Waals surface area contributed by atoms with Crippen LogP contribution in [-0.4, -0.2) is 25.5 Å². The molecule has 0 N–H and O–H groups in total. The Morgan fingerprint density at radius 1 is 0.800 bits per heavy atom. The van der Waals surface area contributed by atoms with Crippen molar-refractivity contribution in [1.82, 2.24) is 4.90 Å². The molecular formula is C18H24ClN. The summed E-state index contributed by atoms with van der Waals surface area (Å²) in [6.07, 6.45) is 3.68. The highest BCUT2D eigenvalue weighted by atomic mass is 35.5. The van der Waals surface area contributed by atoms with Crippen LogP contribution in [-0.2, 0) is 6.42 Å². The zero-order valence-electron chi connectivity index (χ0n) is 12.4. The van der Waals surface area contributed by atoms with Crippen molar-refractivity contribution in [3.63, 3.8) is 0 Å². The van der Waals surface area contributed by atoms with E-state index in [0.29, 0.717) is 0 Å². The number of rotatable bonds is 6. The third-order valence-corrected chi connectivity index (χ3v) is 3.40. The van der Waals surface area contributed by atoms with Crippen LogP contribution < -0.4 is 0 Å². The number of hydrogen-bond donors (Lipinski definition) is 0. The van der Waals surface area contributed by atoms with Gasteiger partial charge in [-0.05, 0) is 56.6 Å². The van der Waals surface area contributed by atoms with Crippen molar-refractivity contribution in [2.75, 3.05) is 20.6 Å². The van der Waals surface area contributed by atoms with E-state index in [2.05, 4.69) is 73.6 Å². The van der Waals surface area contributed by atoms with Crippen LogP contribution in [0.4, 0.5) is 0 Å². The molecule has 108 valence electrons. The highest BCUT2D eigenvalue weighted by Crippen LogP contribution is 2.24. The maximum Gasteiger partial charge on any atom is -0.00247 e. The second kappa shape index (κ2) is 8.78. The van der Waals surface area contributed by atoms with Crippen LogP contribution in [0.15, 0.2) is 54.6 Å². The van der Waals surface area contributed by atoms with Crippen molar-refractivity contribution in [2.24, 2.45) is 0 Å². The van der Waals surface area contributed by atoms with Crippen LogP contribution in [0.25, 0.3) is 11.1 Å². The van der Waals surface area contributed by atoms with Gasteiger partial charge in [-0.1, -0.05) is 54.6 Å². The fraction of sp³-hybridized carbons (Fsp3) is 0.333. The maximum atomic E-state index is 2.26. The Morgan fingerprint density at radius 2 is 1.45 bits per heavy atom. The van der Waals surface area contributed by atoms with E-state index < -0.39 is 0 Å². The molecule has 0 heterocycles. The van der Waals surface area contributed by atoms with E-state index in [4.69, 9.17) is 0 Å². The lowest BCUT2D eigenvalue weighted by Crippen LogP contribution is -2.12. The minimum Gasteiger partial charge on any atom is -0.309 e. The third kappa shape index (κ3) is 4.99. The molecule has 0 saturated carbocycles. The molecule has 0 aliphatic carbocycles. The first-order valence-electron chi connectivity index (χ1n) is 7.05. The van der Waals surface area contributed by atoms with Gasteiger partial charge in [0.05, 0.1) is 0 Å². The molecule has 0 aliphatic rings. The van der Waals surface area contributed by atoms with E-state index in [1.807, 2.05) is 0 Å². The number of halogens is 1. The van der Waals surface area contributed by atoms with E-state index in [0.717, 1.165) is 0 Å². The van der Waals surface area contributed by atoms with Crippen molar-refractivity contribution >= 4 is 12.4 Å². The fourth-order valence-corrected chi connectivity index (χ4v) is 2.38. The lowest BCUT2D eigenvalue weighted by Gasteiger charge is -2.11. The first kappa shape index (κ1) is 16.7. The summed E-state index contributed by atoms with van der Waals surface area (Å²) >= 11 is 0. The van der Waals surface area contributed by atoms with Gasteiger partial charge in [-0.3, -0.25) is 0 Å². The molecule has 2 aromatic carbocycles. The number of benzene rings is 2. The lowest BCUT2D eigenvalue weighted by molar-refractivity contribution is 0.394. The van der Waals surface area contributed by atoms with Gasteiger partial charge in [-0.15, -0.1) is 12.4 Å². The molecule has 0 aromatic heterocycles. The Hall–Kier alpha value is -1.31. The lowest BCUT2D eigenvalue weighted by atomic mass is 9.96. The molecule has 0 radical (unpaired) electrons. The minimum atomic E-state index is 0. The van der Waals surface area contributed by atoms with Gasteiger partial charge in [-0.2, -0.15) is 0 Å². The zero-order chi connectivity index (χ0) is 13.5. The summed E-state index contributed by atoms with van der Waals surface area (Å²) in [5.41, 5.74) is 4.17. The van der Waals surface area contributed by atoms with Gasteiger partial charge in [0.2, 0.25) is 0 Å². The third-order valence-electron chi connectivity index (χ3n) is 3.40. The Morgan fingerprint density at radius 3 is 2.15 bits per heavy atom. The smallest absolute Gasteiger partial charge is 0.00247 e. The van der Waals surface area contributed by atoms with Crippen molar-refractivity contribution in [1.29, 1.82) is 0 Å². The SMILES string of the molecule is CN(C)CCCCc1ccccc1-c1ccccc1.Cl. The van der Waals surface area contributed by atoms with Gasteiger partial charge in [0.15, 0.2) is 0 Å². The van der Waals surface area contributed by atoms with Crippen molar-refractivity contribution in [2.45, 2.75) is 19.3 Å². The molecule has 0 unspecified atom stereocenters. The van der Waals surface area contributed by atoms with Crippen molar-refractivity contribution in [3.05, 3.63) is 60.2 Å².